The van der Waals surface area contributed by atoms with Crippen molar-refractivity contribution in [2.45, 2.75) is 16.7 Å². The molecule has 1 aromatic heterocycles. The minimum Gasteiger partial charge on any atom is -0.398 e. The van der Waals surface area contributed by atoms with E-state index < -0.39 is 0 Å². The van der Waals surface area contributed by atoms with Crippen LogP contribution in [0.15, 0.2) is 40.1 Å². The van der Waals surface area contributed by atoms with Gasteiger partial charge in [0, 0.05) is 20.5 Å². The van der Waals surface area contributed by atoms with Crippen LogP contribution >= 0.6 is 46.3 Å². The highest BCUT2D eigenvalue weighted by Gasteiger charge is 2.10. The van der Waals surface area contributed by atoms with E-state index in [1.165, 1.54) is 11.8 Å². The van der Waals surface area contributed by atoms with E-state index in [0.29, 0.717) is 10.0 Å². The molecule has 0 bridgehead atoms. The van der Waals surface area contributed by atoms with Gasteiger partial charge in [-0.2, -0.15) is 0 Å². The maximum atomic E-state index is 6.19. The summed E-state index contributed by atoms with van der Waals surface area (Å²) in [5.41, 5.74) is 7.80. The Hall–Kier alpha value is -0.940. The highest BCUT2D eigenvalue weighted by atomic mass is 35.5. The van der Waals surface area contributed by atoms with Crippen LogP contribution in [0, 0.1) is 6.92 Å². The molecule has 0 aliphatic heterocycles. The highest BCUT2D eigenvalue weighted by molar-refractivity contribution is 7.99. The van der Waals surface area contributed by atoms with Gasteiger partial charge >= 0.3 is 0 Å². The summed E-state index contributed by atoms with van der Waals surface area (Å²) in [6.07, 6.45) is 0. The van der Waals surface area contributed by atoms with E-state index in [2.05, 4.69) is 4.98 Å². The summed E-state index contributed by atoms with van der Waals surface area (Å²) in [5.74, 6) is 0. The molecule has 0 saturated heterocycles. The number of anilines is 1. The smallest absolute Gasteiger partial charge is 0.0907 e. The van der Waals surface area contributed by atoms with Crippen LogP contribution in [0.4, 0.5) is 5.69 Å². The second-order valence-corrected chi connectivity index (χ2v) is 7.43. The number of aryl methyl sites for hydroxylation is 1. The molecule has 3 rings (SSSR count). The quantitative estimate of drug-likeness (QED) is 0.613. The Morgan fingerprint density at radius 3 is 2.75 bits per heavy atom. The molecule has 102 valence electrons. The molecule has 3 aromatic rings. The van der Waals surface area contributed by atoms with E-state index in [9.17, 15) is 0 Å². The zero-order valence-electron chi connectivity index (χ0n) is 10.5. The number of benzene rings is 2. The fourth-order valence-corrected chi connectivity index (χ4v) is 4.11. The average molecular weight is 341 g/mol. The summed E-state index contributed by atoms with van der Waals surface area (Å²) in [4.78, 5) is 6.31. The lowest BCUT2D eigenvalue weighted by atomic mass is 10.3. The Balaban J connectivity index is 2.05. The summed E-state index contributed by atoms with van der Waals surface area (Å²) in [6.45, 7) is 1.99. The van der Waals surface area contributed by atoms with Crippen molar-refractivity contribution in [3.05, 3.63) is 45.4 Å². The van der Waals surface area contributed by atoms with E-state index in [4.69, 9.17) is 28.9 Å². The predicted molar refractivity (Wildman–Crippen MR) is 89.4 cm³/mol. The molecule has 0 spiro atoms. The largest absolute Gasteiger partial charge is 0.398 e. The molecular formula is C14H10Cl2N2S2. The number of nitrogens with two attached hydrogens (primary N) is 1. The summed E-state index contributed by atoms with van der Waals surface area (Å²) in [6, 6.07) is 9.35. The summed E-state index contributed by atoms with van der Waals surface area (Å²) in [7, 11) is 0. The average Bonchev–Trinajstić information content (AvgIpc) is 2.73. The third-order valence-electron chi connectivity index (χ3n) is 2.74. The molecule has 0 aliphatic rings. The van der Waals surface area contributed by atoms with Gasteiger partial charge in [0.1, 0.15) is 0 Å². The fourth-order valence-electron chi connectivity index (χ4n) is 1.85. The molecule has 20 heavy (non-hydrogen) atoms. The molecule has 1 heterocycles. The highest BCUT2D eigenvalue weighted by Crippen LogP contribution is 2.39. The molecule has 0 unspecified atom stereocenters. The minimum absolute atomic E-state index is 0.654. The molecule has 0 fully saturated rings. The summed E-state index contributed by atoms with van der Waals surface area (Å²) in [5, 5.41) is 2.34. The van der Waals surface area contributed by atoms with E-state index in [1.807, 2.05) is 25.1 Å². The molecule has 0 aliphatic carbocycles. The van der Waals surface area contributed by atoms with Gasteiger partial charge in [-0.05, 0) is 37.3 Å². The standard InChI is InChI=1S/C14H10Cl2N2S2/c1-7-18-11-6-13(10(17)5-14(11)19-7)20-12-4-8(15)2-3-9(12)16/h2-6H,17H2,1H3. The monoisotopic (exact) mass is 340 g/mol. The van der Waals surface area contributed by atoms with Crippen LogP contribution in [0.3, 0.4) is 0 Å². The van der Waals surface area contributed by atoms with Gasteiger partial charge < -0.3 is 5.73 Å². The molecule has 0 saturated carbocycles. The van der Waals surface area contributed by atoms with Gasteiger partial charge in [0.05, 0.1) is 20.2 Å². The first-order valence-corrected chi connectivity index (χ1v) is 8.21. The van der Waals surface area contributed by atoms with Crippen LogP contribution in [0.2, 0.25) is 10.0 Å². The molecule has 0 atom stereocenters. The van der Waals surface area contributed by atoms with Gasteiger partial charge in [-0.3, -0.25) is 0 Å². The zero-order valence-corrected chi connectivity index (χ0v) is 13.6. The first-order valence-electron chi connectivity index (χ1n) is 5.82. The van der Waals surface area contributed by atoms with Gasteiger partial charge in [-0.1, -0.05) is 35.0 Å². The Bertz CT molecular complexity index is 799. The lowest BCUT2D eigenvalue weighted by molar-refractivity contribution is 1.33. The number of nitrogens with zero attached hydrogens (tertiary/aromatic N) is 1. The van der Waals surface area contributed by atoms with Crippen molar-refractivity contribution in [3.63, 3.8) is 0 Å². The van der Waals surface area contributed by atoms with E-state index in [0.717, 1.165) is 30.7 Å². The number of nitrogen functional groups attached to an aromatic ring is 1. The van der Waals surface area contributed by atoms with Crippen molar-refractivity contribution < 1.29 is 0 Å². The maximum absolute atomic E-state index is 6.19. The first-order chi connectivity index (χ1) is 9.52. The topological polar surface area (TPSA) is 38.9 Å². The zero-order chi connectivity index (χ0) is 14.3. The van der Waals surface area contributed by atoms with Gasteiger partial charge in [-0.25, -0.2) is 4.98 Å². The lowest BCUT2D eigenvalue weighted by Crippen LogP contribution is -1.88. The molecule has 2 nitrogen and oxygen atoms in total. The molecular weight excluding hydrogens is 331 g/mol. The van der Waals surface area contributed by atoms with E-state index in [1.54, 1.807) is 23.5 Å². The van der Waals surface area contributed by atoms with Crippen LogP contribution in [-0.4, -0.2) is 4.98 Å². The SMILES string of the molecule is Cc1nc2cc(Sc3cc(Cl)ccc3Cl)c(N)cc2s1. The Kier molecular flexibility index (Phi) is 3.82. The lowest BCUT2D eigenvalue weighted by Gasteiger charge is -2.07. The fraction of sp³-hybridized carbons (Fsp3) is 0.0714. The summed E-state index contributed by atoms with van der Waals surface area (Å²) >= 11 is 15.3. The number of hydrogen-bond acceptors (Lipinski definition) is 4. The van der Waals surface area contributed by atoms with Crippen molar-refractivity contribution in [3.8, 4) is 0 Å². The second-order valence-electron chi connectivity index (χ2n) is 4.27. The first kappa shape index (κ1) is 14.0. The van der Waals surface area contributed by atoms with Crippen molar-refractivity contribution in [1.82, 2.24) is 4.98 Å². The number of fused-ring (bicyclic) bond motifs is 1. The Morgan fingerprint density at radius 1 is 1.15 bits per heavy atom. The number of halogens is 2. The van der Waals surface area contributed by atoms with Gasteiger partial charge in [0.25, 0.3) is 0 Å². The number of thiazole rings is 1. The van der Waals surface area contributed by atoms with Crippen LogP contribution in [0.25, 0.3) is 10.2 Å². The Labute approximate surface area is 134 Å². The molecule has 0 radical (unpaired) electrons. The normalized spacial score (nSPS) is 11.2. The summed E-state index contributed by atoms with van der Waals surface area (Å²) < 4.78 is 1.10. The van der Waals surface area contributed by atoms with Crippen molar-refractivity contribution >= 4 is 62.2 Å². The Morgan fingerprint density at radius 2 is 1.95 bits per heavy atom. The second kappa shape index (κ2) is 5.45. The maximum Gasteiger partial charge on any atom is 0.0907 e. The minimum atomic E-state index is 0.654. The van der Waals surface area contributed by atoms with Crippen molar-refractivity contribution in [2.75, 3.05) is 5.73 Å². The van der Waals surface area contributed by atoms with E-state index in [-0.39, 0.29) is 0 Å². The molecule has 2 aromatic carbocycles. The van der Waals surface area contributed by atoms with Crippen LogP contribution < -0.4 is 5.73 Å². The van der Waals surface area contributed by atoms with Crippen LogP contribution in [0.5, 0.6) is 0 Å². The van der Waals surface area contributed by atoms with Gasteiger partial charge in [0.15, 0.2) is 0 Å². The molecule has 0 amide bonds. The van der Waals surface area contributed by atoms with Gasteiger partial charge in [-0.15, -0.1) is 11.3 Å². The predicted octanol–water partition coefficient (Wildman–Crippen LogP) is 5.64. The number of hydrogen-bond donors (Lipinski definition) is 1. The van der Waals surface area contributed by atoms with Crippen LogP contribution in [0.1, 0.15) is 5.01 Å². The molecule has 6 heteroatoms. The van der Waals surface area contributed by atoms with Gasteiger partial charge in [0.2, 0.25) is 0 Å². The van der Waals surface area contributed by atoms with Crippen molar-refractivity contribution in [1.29, 1.82) is 0 Å². The van der Waals surface area contributed by atoms with Crippen molar-refractivity contribution in [2.24, 2.45) is 0 Å². The number of aromatic nitrogens is 1. The molecule has 2 N–H and O–H groups in total. The van der Waals surface area contributed by atoms with Crippen LogP contribution in [-0.2, 0) is 0 Å². The third-order valence-corrected chi connectivity index (χ3v) is 5.48. The third kappa shape index (κ3) is 2.74. The number of rotatable bonds is 2. The van der Waals surface area contributed by atoms with E-state index >= 15 is 0 Å².